The lowest BCUT2D eigenvalue weighted by atomic mass is 10.0. The van der Waals surface area contributed by atoms with Gasteiger partial charge in [-0.05, 0) is 57.4 Å². The smallest absolute Gasteiger partial charge is 0.335 e. The molecule has 0 radical (unpaired) electrons. The van der Waals surface area contributed by atoms with Crippen LogP contribution < -0.4 is 4.90 Å². The number of hydrogen-bond donors (Lipinski definition) is 1. The number of halogens is 1. The summed E-state index contributed by atoms with van der Waals surface area (Å²) >= 11 is 3.52. The van der Waals surface area contributed by atoms with E-state index >= 15 is 0 Å². The highest BCUT2D eigenvalue weighted by Crippen LogP contribution is 2.27. The van der Waals surface area contributed by atoms with Crippen LogP contribution in [-0.4, -0.2) is 25.2 Å². The average Bonchev–Trinajstić information content (AvgIpc) is 2.52. The molecule has 0 spiro atoms. The van der Waals surface area contributed by atoms with Crippen molar-refractivity contribution < 1.29 is 9.90 Å². The molecule has 5 heteroatoms. The van der Waals surface area contributed by atoms with Crippen LogP contribution >= 0.6 is 15.9 Å². The van der Waals surface area contributed by atoms with Crippen LogP contribution in [0.25, 0.3) is 11.6 Å². The highest BCUT2D eigenvalue weighted by Gasteiger charge is 2.07. The van der Waals surface area contributed by atoms with Gasteiger partial charge in [0.05, 0.1) is 22.9 Å². The Morgan fingerprint density at radius 1 is 1.17 bits per heavy atom. The largest absolute Gasteiger partial charge is 0.478 e. The molecule has 0 aliphatic carbocycles. The summed E-state index contributed by atoms with van der Waals surface area (Å²) in [6.07, 6.45) is 1.78. The van der Waals surface area contributed by atoms with Gasteiger partial charge in [0, 0.05) is 18.6 Å². The minimum absolute atomic E-state index is 0.198. The molecule has 0 amide bonds. The third-order valence-electron chi connectivity index (χ3n) is 3.33. The second-order valence-corrected chi connectivity index (χ2v) is 6.01. The van der Waals surface area contributed by atoms with Crippen LogP contribution in [0, 0.1) is 11.3 Å². The van der Waals surface area contributed by atoms with E-state index in [0.29, 0.717) is 11.1 Å². The van der Waals surface area contributed by atoms with Crippen molar-refractivity contribution in [3.8, 4) is 6.07 Å². The number of nitriles is 1. The molecule has 4 nitrogen and oxygen atoms in total. The lowest BCUT2D eigenvalue weighted by Crippen LogP contribution is -2.09. The molecule has 0 unspecified atom stereocenters. The van der Waals surface area contributed by atoms with Crippen molar-refractivity contribution in [2.45, 2.75) is 0 Å². The molecular weight excluding hydrogens is 356 g/mol. The highest BCUT2D eigenvalue weighted by molar-refractivity contribution is 9.10. The first-order chi connectivity index (χ1) is 10.9. The van der Waals surface area contributed by atoms with E-state index in [2.05, 4.69) is 22.0 Å². The maximum absolute atomic E-state index is 10.9. The van der Waals surface area contributed by atoms with Crippen LogP contribution in [0.3, 0.4) is 0 Å². The number of aromatic carboxylic acids is 1. The monoisotopic (exact) mass is 370 g/mol. The fourth-order valence-electron chi connectivity index (χ4n) is 2.11. The zero-order chi connectivity index (χ0) is 17.0. The summed E-state index contributed by atoms with van der Waals surface area (Å²) in [5.74, 6) is -0.984. The van der Waals surface area contributed by atoms with Gasteiger partial charge >= 0.3 is 5.97 Å². The molecule has 2 aromatic rings. The predicted molar refractivity (Wildman–Crippen MR) is 95.4 cm³/mol. The fourth-order valence-corrected chi connectivity index (χ4v) is 2.87. The Hall–Kier alpha value is -2.58. The summed E-state index contributed by atoms with van der Waals surface area (Å²) in [5, 5.41) is 18.3. The third-order valence-corrected chi connectivity index (χ3v) is 3.96. The van der Waals surface area contributed by atoms with Crippen LogP contribution in [0.2, 0.25) is 0 Å². The van der Waals surface area contributed by atoms with Crippen LogP contribution in [0.4, 0.5) is 5.69 Å². The molecule has 0 saturated heterocycles. The first-order valence-electron chi connectivity index (χ1n) is 6.85. The number of carbonyl (C=O) groups is 1. The van der Waals surface area contributed by atoms with Crippen molar-refractivity contribution in [1.29, 1.82) is 5.26 Å². The normalized spacial score (nSPS) is 11.0. The standard InChI is InChI=1S/C18H15BrN2O2/c1-21(2)17-8-3-12(10-16(17)19)9-15(11-20)13-4-6-14(7-5-13)18(22)23/h3-10H,1-2H3,(H,22,23)/b15-9-. The van der Waals surface area contributed by atoms with Gasteiger partial charge in [0.1, 0.15) is 0 Å². The van der Waals surface area contributed by atoms with Crippen molar-refractivity contribution in [2.75, 3.05) is 19.0 Å². The summed E-state index contributed by atoms with van der Waals surface area (Å²) in [4.78, 5) is 12.9. The Balaban J connectivity index is 2.37. The van der Waals surface area contributed by atoms with Gasteiger partial charge in [-0.3, -0.25) is 0 Å². The first kappa shape index (κ1) is 16.8. The number of nitrogens with zero attached hydrogens (tertiary/aromatic N) is 2. The van der Waals surface area contributed by atoms with E-state index in [1.165, 1.54) is 12.1 Å². The Morgan fingerprint density at radius 3 is 2.26 bits per heavy atom. The van der Waals surface area contributed by atoms with Gasteiger partial charge in [-0.2, -0.15) is 5.26 Å². The van der Waals surface area contributed by atoms with E-state index in [-0.39, 0.29) is 5.56 Å². The van der Waals surface area contributed by atoms with Gasteiger partial charge in [-0.25, -0.2) is 4.79 Å². The average molecular weight is 371 g/mol. The first-order valence-corrected chi connectivity index (χ1v) is 7.64. The molecule has 116 valence electrons. The van der Waals surface area contributed by atoms with Crippen molar-refractivity contribution in [3.63, 3.8) is 0 Å². The topological polar surface area (TPSA) is 64.3 Å². The maximum Gasteiger partial charge on any atom is 0.335 e. The van der Waals surface area contributed by atoms with Gasteiger partial charge in [-0.1, -0.05) is 18.2 Å². The minimum atomic E-state index is -0.984. The molecule has 0 aromatic heterocycles. The van der Waals surface area contributed by atoms with Gasteiger partial charge in [0.25, 0.3) is 0 Å². The molecule has 0 bridgehead atoms. The third kappa shape index (κ3) is 3.99. The van der Waals surface area contributed by atoms with Crippen molar-refractivity contribution in [3.05, 3.63) is 63.6 Å². The lowest BCUT2D eigenvalue weighted by molar-refractivity contribution is 0.0697. The van der Waals surface area contributed by atoms with Crippen LogP contribution in [0.1, 0.15) is 21.5 Å². The number of carboxylic acids is 1. The zero-order valence-electron chi connectivity index (χ0n) is 12.7. The predicted octanol–water partition coefficient (Wildman–Crippen LogP) is 4.28. The SMILES string of the molecule is CN(C)c1ccc(/C=C(/C#N)c2ccc(C(=O)O)cc2)cc1Br. The number of carboxylic acid groups (broad SMARTS) is 1. The molecule has 0 saturated carbocycles. The van der Waals surface area contributed by atoms with Gasteiger partial charge < -0.3 is 10.0 Å². The Labute approximate surface area is 143 Å². The molecule has 0 aliphatic heterocycles. The van der Waals surface area contributed by atoms with E-state index < -0.39 is 5.97 Å². The van der Waals surface area contributed by atoms with E-state index in [0.717, 1.165) is 15.7 Å². The summed E-state index contributed by atoms with van der Waals surface area (Å²) in [7, 11) is 3.92. The molecule has 0 aliphatic rings. The number of allylic oxidation sites excluding steroid dienone is 1. The Morgan fingerprint density at radius 2 is 1.78 bits per heavy atom. The van der Waals surface area contributed by atoms with Crippen molar-refractivity contribution in [2.24, 2.45) is 0 Å². The van der Waals surface area contributed by atoms with Crippen LogP contribution in [0.5, 0.6) is 0 Å². The fraction of sp³-hybridized carbons (Fsp3) is 0.111. The molecular formula is C18H15BrN2O2. The molecule has 2 rings (SSSR count). The van der Waals surface area contributed by atoms with E-state index in [9.17, 15) is 10.1 Å². The van der Waals surface area contributed by atoms with E-state index in [1.54, 1.807) is 18.2 Å². The second kappa shape index (κ2) is 7.12. The second-order valence-electron chi connectivity index (χ2n) is 5.16. The van der Waals surface area contributed by atoms with Gasteiger partial charge in [0.15, 0.2) is 0 Å². The summed E-state index contributed by atoms with van der Waals surface area (Å²) in [5.41, 5.74) is 3.30. The van der Waals surface area contributed by atoms with E-state index in [4.69, 9.17) is 5.11 Å². The van der Waals surface area contributed by atoms with E-state index in [1.807, 2.05) is 37.2 Å². The summed E-state index contributed by atoms with van der Waals surface area (Å²) in [6, 6.07) is 14.3. The Bertz CT molecular complexity index is 803. The number of anilines is 1. The minimum Gasteiger partial charge on any atom is -0.478 e. The molecule has 1 N–H and O–H groups in total. The number of rotatable bonds is 4. The maximum atomic E-state index is 10.9. The lowest BCUT2D eigenvalue weighted by Gasteiger charge is -2.14. The molecule has 0 heterocycles. The van der Waals surface area contributed by atoms with Crippen LogP contribution in [-0.2, 0) is 0 Å². The molecule has 23 heavy (non-hydrogen) atoms. The Kier molecular flexibility index (Phi) is 5.20. The quantitative estimate of drug-likeness (QED) is 0.644. The number of benzene rings is 2. The van der Waals surface area contributed by atoms with Gasteiger partial charge in [-0.15, -0.1) is 0 Å². The highest BCUT2D eigenvalue weighted by atomic mass is 79.9. The summed E-state index contributed by atoms with van der Waals surface area (Å²) < 4.78 is 0.940. The van der Waals surface area contributed by atoms with Crippen molar-refractivity contribution >= 4 is 39.2 Å². The summed E-state index contributed by atoms with van der Waals surface area (Å²) in [6.45, 7) is 0. The van der Waals surface area contributed by atoms with Crippen molar-refractivity contribution in [1.82, 2.24) is 0 Å². The molecule has 0 atom stereocenters. The van der Waals surface area contributed by atoms with Crippen LogP contribution in [0.15, 0.2) is 46.9 Å². The molecule has 2 aromatic carbocycles. The zero-order valence-corrected chi connectivity index (χ0v) is 14.3. The molecule has 0 fully saturated rings. The van der Waals surface area contributed by atoms with Gasteiger partial charge in [0.2, 0.25) is 0 Å². The number of hydrogen-bond acceptors (Lipinski definition) is 3.